The lowest BCUT2D eigenvalue weighted by atomic mass is 10.0. The Kier molecular flexibility index (Phi) is 3.83. The summed E-state index contributed by atoms with van der Waals surface area (Å²) in [6, 6.07) is 8.88. The molecule has 3 heteroatoms. The Labute approximate surface area is 114 Å². The summed E-state index contributed by atoms with van der Waals surface area (Å²) in [6.45, 7) is 1.88. The van der Waals surface area contributed by atoms with Gasteiger partial charge in [0.05, 0.1) is 0 Å². The van der Waals surface area contributed by atoms with Crippen LogP contribution in [-0.4, -0.2) is 25.0 Å². The summed E-state index contributed by atoms with van der Waals surface area (Å²) in [4.78, 5) is 12.2. The number of benzene rings is 1. The maximum Gasteiger partial charge on any atom is 0.223 e. The fourth-order valence-corrected chi connectivity index (χ4v) is 3.21. The van der Waals surface area contributed by atoms with Gasteiger partial charge in [0.15, 0.2) is 0 Å². The molecule has 0 saturated carbocycles. The third-order valence-electron chi connectivity index (χ3n) is 4.36. The monoisotopic (exact) mass is 258 g/mol. The number of carbonyl (C=O) groups excluding carboxylic acids is 1. The van der Waals surface area contributed by atoms with Gasteiger partial charge >= 0.3 is 0 Å². The minimum atomic E-state index is 0.140. The molecule has 1 aromatic rings. The van der Waals surface area contributed by atoms with Crippen LogP contribution in [0, 0.1) is 5.92 Å². The Morgan fingerprint density at radius 3 is 2.58 bits per heavy atom. The van der Waals surface area contributed by atoms with E-state index in [2.05, 4.69) is 34.9 Å². The quantitative estimate of drug-likeness (QED) is 0.865. The maximum absolute atomic E-state index is 12.2. The van der Waals surface area contributed by atoms with E-state index in [1.807, 2.05) is 0 Å². The third-order valence-corrected chi connectivity index (χ3v) is 4.36. The number of amides is 1. The van der Waals surface area contributed by atoms with Crippen molar-refractivity contribution in [3.8, 4) is 0 Å². The Morgan fingerprint density at radius 2 is 1.95 bits per heavy atom. The molecule has 3 rings (SSSR count). The van der Waals surface area contributed by atoms with Crippen LogP contribution in [0.3, 0.4) is 0 Å². The summed E-state index contributed by atoms with van der Waals surface area (Å²) in [5.74, 6) is 0.365. The molecule has 1 aliphatic heterocycles. The van der Waals surface area contributed by atoms with Crippen LogP contribution in [0.2, 0.25) is 0 Å². The molecule has 0 radical (unpaired) electrons. The van der Waals surface area contributed by atoms with E-state index >= 15 is 0 Å². The molecular formula is C16H22N2O. The summed E-state index contributed by atoms with van der Waals surface area (Å²) in [7, 11) is 0. The van der Waals surface area contributed by atoms with Crippen LogP contribution in [0.15, 0.2) is 24.3 Å². The van der Waals surface area contributed by atoms with E-state index in [0.717, 1.165) is 25.9 Å². The zero-order chi connectivity index (χ0) is 13.1. The highest BCUT2D eigenvalue weighted by molar-refractivity contribution is 5.80. The molecule has 1 atom stereocenters. The van der Waals surface area contributed by atoms with Gasteiger partial charge in [-0.15, -0.1) is 0 Å². The van der Waals surface area contributed by atoms with Crippen LogP contribution in [0.5, 0.6) is 0 Å². The predicted octanol–water partition coefficient (Wildman–Crippen LogP) is 1.66. The SMILES string of the molecule is O=C(NCC1CCCCN1)C1Cc2ccccc2C1. The molecule has 1 amide bonds. The molecule has 1 unspecified atom stereocenters. The van der Waals surface area contributed by atoms with Gasteiger partial charge in [0.25, 0.3) is 0 Å². The molecule has 0 spiro atoms. The van der Waals surface area contributed by atoms with Crippen molar-refractivity contribution in [3.63, 3.8) is 0 Å². The minimum absolute atomic E-state index is 0.140. The number of carbonyl (C=O) groups is 1. The van der Waals surface area contributed by atoms with Crippen molar-refractivity contribution < 1.29 is 4.79 Å². The van der Waals surface area contributed by atoms with E-state index in [-0.39, 0.29) is 11.8 Å². The molecule has 2 N–H and O–H groups in total. The summed E-state index contributed by atoms with van der Waals surface area (Å²) in [5, 5.41) is 6.60. The van der Waals surface area contributed by atoms with Crippen LogP contribution in [0.25, 0.3) is 0 Å². The van der Waals surface area contributed by atoms with Gasteiger partial charge in [-0.05, 0) is 43.4 Å². The summed E-state index contributed by atoms with van der Waals surface area (Å²) in [6.07, 6.45) is 5.54. The molecular weight excluding hydrogens is 236 g/mol. The highest BCUT2D eigenvalue weighted by atomic mass is 16.1. The average molecular weight is 258 g/mol. The van der Waals surface area contributed by atoms with Gasteiger partial charge < -0.3 is 10.6 Å². The van der Waals surface area contributed by atoms with Gasteiger partial charge in [0, 0.05) is 18.5 Å². The van der Waals surface area contributed by atoms with Crippen molar-refractivity contribution in [1.29, 1.82) is 0 Å². The number of hydrogen-bond acceptors (Lipinski definition) is 2. The van der Waals surface area contributed by atoms with Gasteiger partial charge in [-0.1, -0.05) is 30.7 Å². The normalized spacial score (nSPS) is 23.1. The van der Waals surface area contributed by atoms with E-state index in [9.17, 15) is 4.79 Å². The number of nitrogens with one attached hydrogen (secondary N) is 2. The molecule has 19 heavy (non-hydrogen) atoms. The van der Waals surface area contributed by atoms with Crippen LogP contribution in [0.1, 0.15) is 30.4 Å². The van der Waals surface area contributed by atoms with Crippen molar-refractivity contribution in [1.82, 2.24) is 10.6 Å². The minimum Gasteiger partial charge on any atom is -0.354 e. The first-order chi connectivity index (χ1) is 9.33. The van der Waals surface area contributed by atoms with Gasteiger partial charge in [-0.3, -0.25) is 4.79 Å². The molecule has 1 heterocycles. The summed E-state index contributed by atoms with van der Waals surface area (Å²) in [5.41, 5.74) is 2.69. The Hall–Kier alpha value is -1.35. The topological polar surface area (TPSA) is 41.1 Å². The van der Waals surface area contributed by atoms with E-state index in [1.54, 1.807) is 0 Å². The molecule has 1 fully saturated rings. The zero-order valence-electron chi connectivity index (χ0n) is 11.3. The molecule has 1 saturated heterocycles. The lowest BCUT2D eigenvalue weighted by Crippen LogP contribution is -2.45. The van der Waals surface area contributed by atoms with Crippen LogP contribution in [0.4, 0.5) is 0 Å². The second kappa shape index (κ2) is 5.74. The van der Waals surface area contributed by atoms with Gasteiger partial charge in [-0.25, -0.2) is 0 Å². The molecule has 1 aliphatic carbocycles. The smallest absolute Gasteiger partial charge is 0.223 e. The Bertz CT molecular complexity index is 427. The van der Waals surface area contributed by atoms with Gasteiger partial charge in [0.1, 0.15) is 0 Å². The zero-order valence-corrected chi connectivity index (χ0v) is 11.3. The Balaban J connectivity index is 1.49. The number of piperidine rings is 1. The van der Waals surface area contributed by atoms with Gasteiger partial charge in [0.2, 0.25) is 5.91 Å². The van der Waals surface area contributed by atoms with E-state index in [4.69, 9.17) is 0 Å². The highest BCUT2D eigenvalue weighted by Gasteiger charge is 2.27. The van der Waals surface area contributed by atoms with Crippen molar-refractivity contribution in [2.24, 2.45) is 5.92 Å². The standard InChI is InChI=1S/C16H22N2O/c19-16(18-11-15-7-3-4-8-17-15)14-9-12-5-1-2-6-13(12)10-14/h1-2,5-6,14-15,17H,3-4,7-11H2,(H,18,19). The van der Waals surface area contributed by atoms with Crippen LogP contribution < -0.4 is 10.6 Å². The number of hydrogen-bond donors (Lipinski definition) is 2. The van der Waals surface area contributed by atoms with Crippen molar-refractivity contribution in [3.05, 3.63) is 35.4 Å². The lowest BCUT2D eigenvalue weighted by molar-refractivity contribution is -0.124. The van der Waals surface area contributed by atoms with Gasteiger partial charge in [-0.2, -0.15) is 0 Å². The van der Waals surface area contributed by atoms with Crippen LogP contribution >= 0.6 is 0 Å². The van der Waals surface area contributed by atoms with Crippen molar-refractivity contribution in [2.45, 2.75) is 38.1 Å². The van der Waals surface area contributed by atoms with E-state index in [1.165, 1.54) is 30.4 Å². The largest absolute Gasteiger partial charge is 0.354 e. The average Bonchev–Trinajstić information content (AvgIpc) is 2.90. The third kappa shape index (κ3) is 2.98. The fraction of sp³-hybridized carbons (Fsp3) is 0.562. The molecule has 3 nitrogen and oxygen atoms in total. The maximum atomic E-state index is 12.2. The number of rotatable bonds is 3. The second-order valence-electron chi connectivity index (χ2n) is 5.77. The Morgan fingerprint density at radius 1 is 1.21 bits per heavy atom. The molecule has 1 aromatic carbocycles. The summed E-state index contributed by atoms with van der Waals surface area (Å²) >= 11 is 0. The van der Waals surface area contributed by atoms with E-state index < -0.39 is 0 Å². The first kappa shape index (κ1) is 12.7. The van der Waals surface area contributed by atoms with Crippen LogP contribution in [-0.2, 0) is 17.6 Å². The van der Waals surface area contributed by atoms with Crippen molar-refractivity contribution in [2.75, 3.05) is 13.1 Å². The van der Waals surface area contributed by atoms with E-state index in [0.29, 0.717) is 6.04 Å². The van der Waals surface area contributed by atoms with Crippen molar-refractivity contribution >= 4 is 5.91 Å². The molecule has 0 aromatic heterocycles. The second-order valence-corrected chi connectivity index (χ2v) is 5.77. The molecule has 102 valence electrons. The lowest BCUT2D eigenvalue weighted by Gasteiger charge is -2.24. The molecule has 2 aliphatic rings. The fourth-order valence-electron chi connectivity index (χ4n) is 3.21. The first-order valence-corrected chi connectivity index (χ1v) is 7.41. The summed E-state index contributed by atoms with van der Waals surface area (Å²) < 4.78 is 0. The predicted molar refractivity (Wildman–Crippen MR) is 76.0 cm³/mol. The number of fused-ring (bicyclic) bond motifs is 1. The highest BCUT2D eigenvalue weighted by Crippen LogP contribution is 2.26. The first-order valence-electron chi connectivity index (χ1n) is 7.41. The molecule has 0 bridgehead atoms.